The van der Waals surface area contributed by atoms with Crippen LogP contribution in [0.5, 0.6) is 0 Å². The topological polar surface area (TPSA) is 117 Å². The Balaban J connectivity index is 0.000000304. The molecule has 0 saturated carbocycles. The van der Waals surface area contributed by atoms with Crippen molar-refractivity contribution in [2.24, 2.45) is 0 Å². The second-order valence-corrected chi connectivity index (χ2v) is 21.6. The maximum absolute atomic E-state index is 15.4. The highest BCUT2D eigenvalue weighted by atomic mass is 32.2. The van der Waals surface area contributed by atoms with Gasteiger partial charge in [-0.15, -0.1) is 0 Å². The van der Waals surface area contributed by atoms with Crippen molar-refractivity contribution in [3.8, 4) is 22.3 Å². The van der Waals surface area contributed by atoms with Crippen molar-refractivity contribution in [1.29, 1.82) is 0 Å². The van der Waals surface area contributed by atoms with Crippen LogP contribution in [-0.2, 0) is 85.0 Å². The number of halogens is 8. The van der Waals surface area contributed by atoms with E-state index in [0.717, 1.165) is 60.3 Å². The zero-order valence-electron chi connectivity index (χ0n) is 87.4. The average Bonchev–Trinajstić information content (AvgIpc) is 1.47. The fourth-order valence-electron chi connectivity index (χ4n) is 8.69. The average molecular weight is 1380 g/mol. The number of amides is 2. The van der Waals surface area contributed by atoms with Gasteiger partial charge in [-0.05, 0) is 164 Å². The smallest absolute Gasteiger partial charge is 0.336 e. The number of hydrogen-bond donors (Lipinski definition) is 0. The van der Waals surface area contributed by atoms with E-state index in [1.165, 1.54) is 38.1 Å². The summed E-state index contributed by atoms with van der Waals surface area (Å²) in [6, 6.07) is -1.61. The fraction of sp³-hybridized carbons (Fsp3) is 0.370. The van der Waals surface area contributed by atoms with E-state index >= 15 is 4.79 Å². The Kier molecular flexibility index (Phi) is 12.7. The first kappa shape index (κ1) is 37.0. The third-order valence-corrected chi connectivity index (χ3v) is 15.5. The van der Waals surface area contributed by atoms with Gasteiger partial charge in [0.15, 0.2) is 10.3 Å². The van der Waals surface area contributed by atoms with Crippen molar-refractivity contribution in [3.63, 3.8) is 0 Å². The molecule has 12 nitrogen and oxygen atoms in total. The lowest BCUT2D eigenvalue weighted by atomic mass is 9.98. The lowest BCUT2D eigenvalue weighted by Gasteiger charge is -2.28. The lowest BCUT2D eigenvalue weighted by molar-refractivity contribution is -0.138. The number of fused-ring (bicyclic) bond motifs is 2. The Labute approximate surface area is 609 Å². The van der Waals surface area contributed by atoms with Gasteiger partial charge in [0.1, 0.15) is 24.6 Å². The highest BCUT2D eigenvalue weighted by molar-refractivity contribution is 7.98. The third-order valence-electron chi connectivity index (χ3n) is 13.5. The van der Waals surface area contributed by atoms with E-state index in [1.807, 2.05) is 0 Å². The second-order valence-electron chi connectivity index (χ2n) is 19.7. The molecular formula is C73H78F8N8O4S2. The predicted molar refractivity (Wildman–Crippen MR) is 358 cm³/mol. The molecule has 0 unspecified atom stereocenters. The number of rotatable bonds is 26. The number of nitrogens with zero attached hydrogens (tertiary/aromatic N) is 8. The van der Waals surface area contributed by atoms with Gasteiger partial charge in [0, 0.05) is 92.2 Å². The normalized spacial score (nSPS) is 21.6. The summed E-state index contributed by atoms with van der Waals surface area (Å²) in [5.41, 5.74) is -13.9. The highest BCUT2D eigenvalue weighted by Gasteiger charge is 2.33. The Morgan fingerprint density at radius 3 is 1.64 bits per heavy atom. The third kappa shape index (κ3) is 19.0. The first-order chi connectivity index (χ1) is 59.8. The van der Waals surface area contributed by atoms with Crippen molar-refractivity contribution in [2.45, 2.75) is 133 Å². The summed E-state index contributed by atoms with van der Waals surface area (Å²) in [4.78, 5) is 64.0. The highest BCUT2D eigenvalue weighted by Crippen LogP contribution is 2.36. The Bertz CT molecular complexity index is 5900. The van der Waals surface area contributed by atoms with Gasteiger partial charge in [0.2, 0.25) is 11.8 Å². The zero-order chi connectivity index (χ0) is 101. The molecule has 0 radical (unpaired) electrons. The molecule has 0 saturated heterocycles. The lowest BCUT2D eigenvalue weighted by Crippen LogP contribution is -2.40. The van der Waals surface area contributed by atoms with Gasteiger partial charge in [0.25, 0.3) is 11.1 Å². The van der Waals surface area contributed by atoms with Gasteiger partial charge in [-0.25, -0.2) is 8.78 Å². The van der Waals surface area contributed by atoms with Crippen molar-refractivity contribution >= 4 is 35.3 Å². The largest absolute Gasteiger partial charge is 0.416 e. The summed E-state index contributed by atoms with van der Waals surface area (Å²) in [5.74, 6) is -8.04. The number of hydrogen-bond acceptors (Lipinski definition) is 10. The number of benzene rings is 6. The van der Waals surface area contributed by atoms with Crippen LogP contribution in [0.4, 0.5) is 35.1 Å². The Hall–Kier alpha value is -7.92. The fourth-order valence-corrected chi connectivity index (χ4v) is 10.4. The molecule has 0 spiro atoms. The summed E-state index contributed by atoms with van der Waals surface area (Å²) in [7, 11) is 0. The number of thioether (sulfide) groups is 2. The maximum Gasteiger partial charge on any atom is 0.416 e. The van der Waals surface area contributed by atoms with Crippen LogP contribution in [0.3, 0.4) is 0 Å². The van der Waals surface area contributed by atoms with Crippen molar-refractivity contribution in [2.75, 3.05) is 52.1 Å². The molecule has 0 atom stereocenters. The van der Waals surface area contributed by atoms with Gasteiger partial charge in [0.05, 0.1) is 42.7 Å². The van der Waals surface area contributed by atoms with Crippen LogP contribution >= 0.6 is 23.5 Å². The van der Waals surface area contributed by atoms with E-state index in [-0.39, 0.29) is 62.2 Å². The summed E-state index contributed by atoms with van der Waals surface area (Å²) in [5, 5.41) is -1.74. The predicted octanol–water partition coefficient (Wildman–Crippen LogP) is 14.7. The molecule has 2 aromatic heterocycles. The molecule has 8 aromatic rings. The summed E-state index contributed by atoms with van der Waals surface area (Å²) >= 11 is 0.707. The van der Waals surface area contributed by atoms with Crippen molar-refractivity contribution in [1.82, 2.24) is 38.7 Å². The van der Waals surface area contributed by atoms with Gasteiger partial charge in [-0.3, -0.25) is 19.2 Å². The van der Waals surface area contributed by atoms with Crippen LogP contribution < -0.4 is 11.1 Å². The number of likely N-dealkylation sites (N-methyl/N-ethyl adjacent to an activating group) is 2. The van der Waals surface area contributed by atoms with Crippen molar-refractivity contribution < 1.29 is 95.4 Å². The molecule has 22 heteroatoms. The molecular weight excluding hydrogens is 1270 g/mol. The van der Waals surface area contributed by atoms with Crippen LogP contribution in [-0.4, -0.2) is 103 Å². The standard InChI is InChI=1S/C37H40F4N4O2S.C36H38F4N4O2S/c1-4-43(5-2)19-20-44(22-26-9-13-28(14-10-26)29-15-18-32(25(3)21-29)37(39,40)41)34(46)23-45-33-8-6-7-31(33)35(47)42-36(45)48-24-27-11-16-30(38)17-12-27;1-3-42(4-2)20-21-43(22-25-8-12-27(13-9-25)28-14-16-29(17-15-28)36(38,39)40)33(45)23-44-32-7-5-6-31(32)34(46)41-35(44)47-24-26-10-18-30(37)19-11-26/h9-18,21H,4-8,19-20,22-24H2,1-3H3;8-19H,3-7,20-24H2,1-2H3/i6D2,7D2,8D2,9D,10D,11D,12D,13D,14D,15D,16D,17D,18D,19D2,20D2,21D,22D2,23D2;3D2,4D2,20D2,21D2,22D2,23D2. The number of aromatic nitrogens is 4. The van der Waals surface area contributed by atoms with Crippen LogP contribution in [0.1, 0.15) is 153 Å². The minimum Gasteiger partial charge on any atom is -0.336 e. The van der Waals surface area contributed by atoms with E-state index in [0.29, 0.717) is 42.2 Å². The molecule has 2 heterocycles. The Morgan fingerprint density at radius 1 is 0.558 bits per heavy atom. The van der Waals surface area contributed by atoms with Crippen molar-refractivity contribution in [3.05, 3.63) is 233 Å². The van der Waals surface area contributed by atoms with Crippen LogP contribution in [0.25, 0.3) is 22.3 Å². The molecule has 2 aliphatic carbocycles. The zero-order valence-corrected chi connectivity index (χ0v) is 52.1. The molecule has 0 bridgehead atoms. The number of carbonyl (C=O) groups excluding carboxylic acids is 2. The molecule has 2 amide bonds. The van der Waals surface area contributed by atoms with E-state index in [1.54, 1.807) is 0 Å². The summed E-state index contributed by atoms with van der Waals surface area (Å²) in [6.45, 7) is -34.7. The summed E-state index contributed by atoms with van der Waals surface area (Å²) < 4.78 is 435. The van der Waals surface area contributed by atoms with E-state index < -0.39 is 292 Å². The minimum atomic E-state index is -5.32. The van der Waals surface area contributed by atoms with Gasteiger partial charge >= 0.3 is 12.4 Å². The number of alkyl halides is 6. The van der Waals surface area contributed by atoms with Crippen LogP contribution in [0, 0.1) is 18.6 Å². The number of carbonyl (C=O) groups is 2. The quantitative estimate of drug-likeness (QED) is 0.0295. The van der Waals surface area contributed by atoms with Gasteiger partial charge < -0.3 is 28.7 Å². The molecule has 0 N–H and O–H groups in total. The molecule has 6 aromatic carbocycles. The van der Waals surface area contributed by atoms with E-state index in [2.05, 4.69) is 9.97 Å². The van der Waals surface area contributed by atoms with E-state index in [4.69, 9.17) is 37.0 Å². The SMILES string of the molecule is [2H]C([2H])(C)N(C([2H])([2H])C)C([2H])([2H])C([2H])([2H])N(C(=O)C([2H])([2H])n1c(SCc2ccc(F)cc2)nc(=O)c2c1CCC2)C([2H])([2H])c1ccc(-c2ccc(C(F)(F)F)cc2)cc1.[2H]c1c([2H])c(CSc2nc(=O)c3c(n2C([2H])([2H])C(=O)N(C([2H])([2H])c2c([2H])c([2H])c(-c4c([2H])c([2H])c(C(F)(F)F)c(C)c4[2H])c([2H])c2[2H])C([2H])([2H])C([2H])([2H])N(CC)CC)C([2H])([2H])C([2H])([2H])C3([2H])[2H])c([2H])c([2H])c1F. The van der Waals surface area contributed by atoms with Gasteiger partial charge in [-0.2, -0.15) is 36.3 Å². The molecule has 95 heavy (non-hydrogen) atoms. The van der Waals surface area contributed by atoms with Crippen LogP contribution in [0.15, 0.2) is 159 Å². The van der Waals surface area contributed by atoms with Crippen LogP contribution in [0.2, 0.25) is 0 Å². The first-order valence-corrected chi connectivity index (χ1v) is 30.2. The monoisotopic (exact) mass is 1380 g/mol. The molecule has 0 fully saturated rings. The summed E-state index contributed by atoms with van der Waals surface area (Å²) in [6.07, 6.45) is -21.1. The first-order valence-electron chi connectivity index (χ1n) is 46.7. The van der Waals surface area contributed by atoms with E-state index in [9.17, 15) is 63.2 Å². The minimum absolute atomic E-state index is 0.0219. The second kappa shape index (κ2) is 32.7. The maximum atomic E-state index is 15.4. The Morgan fingerprint density at radius 2 is 1.07 bits per heavy atom. The molecule has 0 aliphatic heterocycles. The van der Waals surface area contributed by atoms with Gasteiger partial charge in [-0.1, -0.05) is 148 Å². The molecule has 2 aliphatic rings. The molecule has 10 rings (SSSR count). The molecule has 502 valence electrons.